The molecule has 0 bridgehead atoms. The summed E-state index contributed by atoms with van der Waals surface area (Å²) in [6, 6.07) is 5.72. The fourth-order valence-corrected chi connectivity index (χ4v) is 6.21. The number of amides is 3. The number of β-lactam (4-membered cyclic amide) rings is 1. The van der Waals surface area contributed by atoms with E-state index < -0.39 is 20.5 Å². The van der Waals surface area contributed by atoms with Gasteiger partial charge in [-0.2, -0.15) is 0 Å². The van der Waals surface area contributed by atoms with E-state index >= 15 is 0 Å². The maximum Gasteiger partial charge on any atom is 0.327 e. The Kier molecular flexibility index (Phi) is 6.45. The summed E-state index contributed by atoms with van der Waals surface area (Å²) >= 11 is 0. The first-order chi connectivity index (χ1) is 12.0. The second-order valence-corrected chi connectivity index (χ2v) is 11.1. The molecule has 0 unspecified atom stereocenters. The van der Waals surface area contributed by atoms with E-state index in [4.69, 9.17) is 8.84 Å². The quantitative estimate of drug-likeness (QED) is 0.515. The number of rotatable bonds is 8. The molecule has 1 aliphatic rings. The third-order valence-corrected chi connectivity index (χ3v) is 10.1. The monoisotopic (exact) mass is 366 g/mol. The molecular weight excluding hydrogens is 336 g/mol. The predicted molar refractivity (Wildman–Crippen MR) is 98.7 cm³/mol. The number of likely N-dealkylation sites (tertiary alicyclic amines) is 1. The highest BCUT2D eigenvalue weighted by atomic mass is 28.4. The van der Waals surface area contributed by atoms with E-state index in [1.807, 2.05) is 19.9 Å². The Morgan fingerprint density at radius 2 is 1.80 bits per heavy atom. The molecule has 0 saturated carbocycles. The van der Waals surface area contributed by atoms with Gasteiger partial charge in [0.15, 0.2) is 14.4 Å². The molecule has 1 aliphatic heterocycles. The van der Waals surface area contributed by atoms with Gasteiger partial charge in [0.25, 0.3) is 5.91 Å². The van der Waals surface area contributed by atoms with Gasteiger partial charge in [-0.3, -0.25) is 4.79 Å². The zero-order valence-electron chi connectivity index (χ0n) is 15.9. The number of carbonyl (C=O) groups is 2. The molecule has 140 valence electrons. The molecule has 0 aromatic carbocycles. The van der Waals surface area contributed by atoms with E-state index in [1.54, 1.807) is 17.2 Å². The summed E-state index contributed by atoms with van der Waals surface area (Å²) in [6.07, 6.45) is 0.955. The first kappa shape index (κ1) is 19.7. The molecule has 0 N–H and O–H groups in total. The Hall–Kier alpha value is -1.60. The van der Waals surface area contributed by atoms with Gasteiger partial charge in [0.1, 0.15) is 11.8 Å². The molecule has 2 heterocycles. The van der Waals surface area contributed by atoms with Crippen LogP contribution in [-0.2, 0) is 9.22 Å². The molecule has 0 aliphatic carbocycles. The van der Waals surface area contributed by atoms with Crippen LogP contribution in [0.4, 0.5) is 4.79 Å². The largest absolute Gasteiger partial charge is 0.467 e. The average Bonchev–Trinajstić information content (AvgIpc) is 3.15. The van der Waals surface area contributed by atoms with Gasteiger partial charge >= 0.3 is 6.03 Å². The fraction of sp³-hybridized carbons (Fsp3) is 0.667. The van der Waals surface area contributed by atoms with E-state index in [-0.39, 0.29) is 11.9 Å². The van der Waals surface area contributed by atoms with Crippen molar-refractivity contribution in [1.29, 1.82) is 0 Å². The van der Waals surface area contributed by atoms with Crippen molar-refractivity contribution in [1.82, 2.24) is 9.80 Å². The van der Waals surface area contributed by atoms with Crippen LogP contribution in [0.2, 0.25) is 18.1 Å². The lowest BCUT2D eigenvalue weighted by atomic mass is 9.96. The van der Waals surface area contributed by atoms with Gasteiger partial charge in [0, 0.05) is 13.1 Å². The van der Waals surface area contributed by atoms with Gasteiger partial charge in [-0.25, -0.2) is 9.69 Å². The number of furan rings is 1. The van der Waals surface area contributed by atoms with Crippen molar-refractivity contribution in [2.75, 3.05) is 13.1 Å². The number of nitrogens with zero attached hydrogens (tertiary/aromatic N) is 2. The van der Waals surface area contributed by atoms with E-state index in [0.717, 1.165) is 18.1 Å². The Balaban J connectivity index is 2.30. The van der Waals surface area contributed by atoms with Crippen molar-refractivity contribution in [3.05, 3.63) is 24.2 Å². The topological polar surface area (TPSA) is 63.0 Å². The van der Waals surface area contributed by atoms with Crippen molar-refractivity contribution >= 4 is 20.3 Å². The van der Waals surface area contributed by atoms with Gasteiger partial charge in [-0.1, -0.05) is 20.8 Å². The van der Waals surface area contributed by atoms with Gasteiger partial charge in [0.05, 0.1) is 6.26 Å². The molecule has 0 radical (unpaired) electrons. The molecule has 1 saturated heterocycles. The van der Waals surface area contributed by atoms with Crippen molar-refractivity contribution < 1.29 is 18.4 Å². The lowest BCUT2D eigenvalue weighted by Gasteiger charge is -2.48. The Labute approximate surface area is 151 Å². The summed E-state index contributed by atoms with van der Waals surface area (Å²) in [5.41, 5.74) is 0. The van der Waals surface area contributed by atoms with E-state index in [2.05, 4.69) is 20.8 Å². The lowest BCUT2D eigenvalue weighted by Crippen LogP contribution is -2.66. The maximum atomic E-state index is 12.8. The first-order valence-electron chi connectivity index (χ1n) is 9.31. The molecule has 6 nitrogen and oxygen atoms in total. The van der Waals surface area contributed by atoms with Crippen LogP contribution in [0.3, 0.4) is 0 Å². The van der Waals surface area contributed by atoms with Crippen LogP contribution in [0.5, 0.6) is 0 Å². The van der Waals surface area contributed by atoms with Crippen molar-refractivity contribution in [3.8, 4) is 0 Å². The van der Waals surface area contributed by atoms with Gasteiger partial charge in [0.2, 0.25) is 0 Å². The van der Waals surface area contributed by atoms with Crippen LogP contribution in [0, 0.1) is 0 Å². The number of hydrogen-bond acceptors (Lipinski definition) is 4. The molecule has 0 spiro atoms. The number of urea groups is 1. The van der Waals surface area contributed by atoms with Gasteiger partial charge in [-0.15, -0.1) is 0 Å². The third kappa shape index (κ3) is 3.53. The summed E-state index contributed by atoms with van der Waals surface area (Å²) in [5, 5.41) is 0. The average molecular weight is 367 g/mol. The Bertz CT molecular complexity index is 574. The minimum atomic E-state index is -1.97. The highest BCUT2D eigenvalue weighted by Crippen LogP contribution is 2.41. The van der Waals surface area contributed by atoms with Crippen LogP contribution in [-0.4, -0.2) is 49.2 Å². The van der Waals surface area contributed by atoms with Crippen LogP contribution in [0.25, 0.3) is 0 Å². The summed E-state index contributed by atoms with van der Waals surface area (Å²) in [4.78, 5) is 28.5. The fourth-order valence-electron chi connectivity index (χ4n) is 3.44. The van der Waals surface area contributed by atoms with E-state index in [9.17, 15) is 9.59 Å². The van der Waals surface area contributed by atoms with Crippen molar-refractivity contribution in [2.45, 2.75) is 64.9 Å². The molecule has 3 amide bonds. The number of carbonyl (C=O) groups excluding carboxylic acids is 2. The van der Waals surface area contributed by atoms with Crippen LogP contribution < -0.4 is 0 Å². The maximum absolute atomic E-state index is 12.8. The second-order valence-electron chi connectivity index (χ2n) is 6.41. The summed E-state index contributed by atoms with van der Waals surface area (Å²) < 4.78 is 11.9. The molecule has 2 atom stereocenters. The minimum Gasteiger partial charge on any atom is -0.467 e. The zero-order chi connectivity index (χ0) is 18.6. The molecule has 1 aromatic heterocycles. The molecule has 7 heteroatoms. The number of hydrogen-bond donors (Lipinski definition) is 0. The van der Waals surface area contributed by atoms with E-state index in [0.29, 0.717) is 18.8 Å². The van der Waals surface area contributed by atoms with Crippen LogP contribution >= 0.6 is 0 Å². The van der Waals surface area contributed by atoms with E-state index in [1.165, 1.54) is 4.90 Å². The highest BCUT2D eigenvalue weighted by Gasteiger charge is 2.56. The van der Waals surface area contributed by atoms with Crippen LogP contribution in [0.1, 0.15) is 46.4 Å². The number of imide groups is 1. The normalized spacial score (nSPS) is 20.5. The first-order valence-corrected chi connectivity index (χ1v) is 11.8. The third-order valence-electron chi connectivity index (χ3n) is 5.43. The molecule has 1 fully saturated rings. The molecule has 1 aromatic rings. The summed E-state index contributed by atoms with van der Waals surface area (Å²) in [5.74, 6) is 0.363. The van der Waals surface area contributed by atoms with Crippen molar-refractivity contribution in [3.63, 3.8) is 0 Å². The Morgan fingerprint density at radius 1 is 1.20 bits per heavy atom. The summed E-state index contributed by atoms with van der Waals surface area (Å²) in [6.45, 7) is 11.3. The molecular formula is C18H30N2O4Si. The highest BCUT2D eigenvalue weighted by molar-refractivity contribution is 6.73. The van der Waals surface area contributed by atoms with Gasteiger partial charge in [-0.05, 0) is 44.1 Å². The second kappa shape index (κ2) is 8.18. The molecule has 2 rings (SSSR count). The lowest BCUT2D eigenvalue weighted by molar-refractivity contribution is -0.160. The minimum absolute atomic E-state index is 0.245. The molecule has 25 heavy (non-hydrogen) atoms. The van der Waals surface area contributed by atoms with Crippen molar-refractivity contribution in [2.24, 2.45) is 0 Å². The Morgan fingerprint density at radius 3 is 2.24 bits per heavy atom. The standard InChI is InChI=1S/C18H30N2O4Si/c1-6-19(7-2)18(22)20-15(14-12-11-13-23-14)16(17(20)21)24-25(8-3,9-4)10-5/h11-13,15-16H,6-10H2,1-5H3/t15-,16+/m1/s1. The van der Waals surface area contributed by atoms with Gasteiger partial charge < -0.3 is 13.7 Å². The van der Waals surface area contributed by atoms with Crippen LogP contribution in [0.15, 0.2) is 22.8 Å². The zero-order valence-corrected chi connectivity index (χ0v) is 16.9. The SMILES string of the molecule is CCN(CC)C(=O)N1C(=O)[C@@H](O[Si](CC)(CC)CC)[C@H]1c1ccco1. The summed E-state index contributed by atoms with van der Waals surface area (Å²) in [7, 11) is -1.97. The smallest absolute Gasteiger partial charge is 0.327 e. The predicted octanol–water partition coefficient (Wildman–Crippen LogP) is 4.02.